The summed E-state index contributed by atoms with van der Waals surface area (Å²) >= 11 is 6.17. The summed E-state index contributed by atoms with van der Waals surface area (Å²) in [5.74, 6) is 0.0966. The Balaban J connectivity index is 1.60. The molecule has 1 fully saturated rings. The Kier molecular flexibility index (Phi) is 7.77. The highest BCUT2D eigenvalue weighted by Crippen LogP contribution is 2.21. The number of ether oxygens (including phenoxy) is 1. The van der Waals surface area contributed by atoms with Crippen LogP contribution in [-0.4, -0.2) is 69.0 Å². The van der Waals surface area contributed by atoms with E-state index in [9.17, 15) is 9.59 Å². The Morgan fingerprint density at radius 2 is 2.00 bits per heavy atom. The van der Waals surface area contributed by atoms with Gasteiger partial charge in [-0.2, -0.15) is 4.68 Å². The molecule has 1 saturated heterocycles. The fourth-order valence-electron chi connectivity index (χ4n) is 3.85. The highest BCUT2D eigenvalue weighted by Gasteiger charge is 2.19. The molecular weight excluding hydrogens is 456 g/mol. The average molecular weight is 485 g/mol. The van der Waals surface area contributed by atoms with Crippen molar-refractivity contribution in [2.75, 3.05) is 32.8 Å². The lowest BCUT2D eigenvalue weighted by Crippen LogP contribution is -2.37. The first-order valence-corrected chi connectivity index (χ1v) is 11.8. The van der Waals surface area contributed by atoms with Gasteiger partial charge in [0, 0.05) is 48.4 Å². The van der Waals surface area contributed by atoms with E-state index in [4.69, 9.17) is 16.3 Å². The second kappa shape index (κ2) is 10.9. The Morgan fingerprint density at radius 1 is 1.21 bits per heavy atom. The van der Waals surface area contributed by atoms with Crippen LogP contribution in [-0.2, 0) is 22.5 Å². The van der Waals surface area contributed by atoms with Crippen LogP contribution in [0.1, 0.15) is 19.5 Å². The van der Waals surface area contributed by atoms with Gasteiger partial charge in [-0.25, -0.2) is 4.79 Å². The molecule has 1 N–H and O–H groups in total. The van der Waals surface area contributed by atoms with Crippen LogP contribution in [0.15, 0.2) is 47.4 Å². The molecule has 0 aliphatic carbocycles. The third kappa shape index (κ3) is 5.91. The average Bonchev–Trinajstić information content (AvgIpc) is 3.14. The van der Waals surface area contributed by atoms with Gasteiger partial charge in [-0.1, -0.05) is 23.7 Å². The van der Waals surface area contributed by atoms with Gasteiger partial charge in [0.1, 0.15) is 6.54 Å². The van der Waals surface area contributed by atoms with E-state index in [0.717, 1.165) is 45.0 Å². The maximum Gasteiger partial charge on any atom is 0.351 e. The molecular formula is C24H29ClN6O3. The van der Waals surface area contributed by atoms with Crippen LogP contribution in [0.3, 0.4) is 0 Å². The van der Waals surface area contributed by atoms with Crippen LogP contribution in [0.25, 0.3) is 17.1 Å². The first-order chi connectivity index (χ1) is 16.4. The molecule has 9 nitrogen and oxygen atoms in total. The van der Waals surface area contributed by atoms with Gasteiger partial charge in [0.2, 0.25) is 5.91 Å². The lowest BCUT2D eigenvalue weighted by atomic mass is 10.2. The minimum absolute atomic E-state index is 0.0397. The molecule has 0 spiro atoms. The standard InChI is InChI=1S/C24H29ClN6O3/c1-17(2)27-22(32)16-30-23(18-4-3-5-19(25)14-18)28-31(24(30)33)21-7-6-20(26-15-21)8-9-29-10-12-34-13-11-29/h3-7,14-15,17H,8-13,16H2,1-2H3,(H,27,32). The number of pyridine rings is 1. The third-order valence-electron chi connectivity index (χ3n) is 5.54. The highest BCUT2D eigenvalue weighted by atomic mass is 35.5. The number of benzene rings is 1. The zero-order valence-electron chi connectivity index (χ0n) is 19.4. The maximum absolute atomic E-state index is 13.3. The van der Waals surface area contributed by atoms with Crippen LogP contribution < -0.4 is 11.0 Å². The van der Waals surface area contributed by atoms with Crippen molar-refractivity contribution < 1.29 is 9.53 Å². The van der Waals surface area contributed by atoms with Gasteiger partial charge in [0.05, 0.1) is 25.1 Å². The molecule has 10 heteroatoms. The van der Waals surface area contributed by atoms with Crippen molar-refractivity contribution in [3.05, 3.63) is 63.8 Å². The number of hydrogen-bond acceptors (Lipinski definition) is 6. The zero-order valence-corrected chi connectivity index (χ0v) is 20.2. The van der Waals surface area contributed by atoms with Gasteiger partial charge in [-0.05, 0) is 38.1 Å². The summed E-state index contributed by atoms with van der Waals surface area (Å²) in [6.07, 6.45) is 2.45. The minimum Gasteiger partial charge on any atom is -0.379 e. The Labute approximate surface area is 203 Å². The van der Waals surface area contributed by atoms with Gasteiger partial charge >= 0.3 is 5.69 Å². The summed E-state index contributed by atoms with van der Waals surface area (Å²) < 4.78 is 8.02. The van der Waals surface area contributed by atoms with Crippen molar-refractivity contribution in [1.82, 2.24) is 29.5 Å². The Bertz CT molecular complexity index is 1180. The predicted octanol–water partition coefficient (Wildman–Crippen LogP) is 2.15. The van der Waals surface area contributed by atoms with Gasteiger partial charge in [-0.15, -0.1) is 5.10 Å². The first-order valence-electron chi connectivity index (χ1n) is 11.4. The summed E-state index contributed by atoms with van der Waals surface area (Å²) in [7, 11) is 0. The molecule has 0 saturated carbocycles. The maximum atomic E-state index is 13.3. The lowest BCUT2D eigenvalue weighted by molar-refractivity contribution is -0.122. The summed E-state index contributed by atoms with van der Waals surface area (Å²) in [5, 5.41) is 7.88. The van der Waals surface area contributed by atoms with Gasteiger partial charge < -0.3 is 10.1 Å². The number of amides is 1. The molecule has 2 aromatic heterocycles. The molecule has 3 aromatic rings. The van der Waals surface area contributed by atoms with Crippen molar-refractivity contribution in [2.24, 2.45) is 0 Å². The second-order valence-corrected chi connectivity index (χ2v) is 8.98. The SMILES string of the molecule is CC(C)NC(=O)Cn1c(-c2cccc(Cl)c2)nn(-c2ccc(CCN3CCOCC3)nc2)c1=O. The van der Waals surface area contributed by atoms with Gasteiger partial charge in [0.15, 0.2) is 5.82 Å². The van der Waals surface area contributed by atoms with E-state index in [0.29, 0.717) is 22.1 Å². The van der Waals surface area contributed by atoms with Crippen molar-refractivity contribution in [1.29, 1.82) is 0 Å². The molecule has 1 aliphatic rings. The smallest absolute Gasteiger partial charge is 0.351 e. The van der Waals surface area contributed by atoms with Crippen molar-refractivity contribution in [3.8, 4) is 17.1 Å². The van der Waals surface area contributed by atoms with Crippen LogP contribution >= 0.6 is 11.6 Å². The number of hydrogen-bond donors (Lipinski definition) is 1. The van der Waals surface area contributed by atoms with E-state index >= 15 is 0 Å². The van der Waals surface area contributed by atoms with Crippen LogP contribution in [0.2, 0.25) is 5.02 Å². The fourth-order valence-corrected chi connectivity index (χ4v) is 4.04. The molecule has 0 bridgehead atoms. The van der Waals surface area contributed by atoms with Crippen molar-refractivity contribution in [2.45, 2.75) is 32.9 Å². The van der Waals surface area contributed by atoms with Crippen molar-refractivity contribution >= 4 is 17.5 Å². The zero-order chi connectivity index (χ0) is 24.1. The van der Waals surface area contributed by atoms with Crippen LogP contribution in [0, 0.1) is 0 Å². The number of halogens is 1. The van der Waals surface area contributed by atoms with Crippen LogP contribution in [0.5, 0.6) is 0 Å². The lowest BCUT2D eigenvalue weighted by Gasteiger charge is -2.26. The number of carbonyl (C=O) groups is 1. The topological polar surface area (TPSA) is 94.3 Å². The van der Waals surface area contributed by atoms with Gasteiger partial charge in [0.25, 0.3) is 0 Å². The third-order valence-corrected chi connectivity index (χ3v) is 5.77. The normalized spacial score (nSPS) is 14.5. The first kappa shape index (κ1) is 24.1. The molecule has 4 rings (SSSR count). The summed E-state index contributed by atoms with van der Waals surface area (Å²) in [4.78, 5) is 32.6. The van der Waals surface area contributed by atoms with E-state index in [1.807, 2.05) is 32.0 Å². The monoisotopic (exact) mass is 484 g/mol. The van der Waals surface area contributed by atoms with E-state index < -0.39 is 5.69 Å². The Hall–Kier alpha value is -3.01. The summed E-state index contributed by atoms with van der Waals surface area (Å²) in [5.41, 5.74) is 1.70. The summed E-state index contributed by atoms with van der Waals surface area (Å²) in [6, 6.07) is 10.8. The molecule has 0 radical (unpaired) electrons. The van der Waals surface area contributed by atoms with Gasteiger partial charge in [-0.3, -0.25) is 19.2 Å². The number of morpholine rings is 1. The number of carbonyl (C=O) groups excluding carboxylic acids is 1. The largest absolute Gasteiger partial charge is 0.379 e. The summed E-state index contributed by atoms with van der Waals surface area (Å²) in [6.45, 7) is 7.90. The molecule has 0 atom stereocenters. The molecule has 180 valence electrons. The number of rotatable bonds is 8. The van der Waals surface area contributed by atoms with E-state index in [2.05, 4.69) is 20.3 Å². The molecule has 1 aromatic carbocycles. The fraction of sp³-hybridized carbons (Fsp3) is 0.417. The van der Waals surface area contributed by atoms with E-state index in [-0.39, 0.29) is 18.5 Å². The quantitative estimate of drug-likeness (QED) is 0.526. The number of aromatic nitrogens is 4. The molecule has 1 aliphatic heterocycles. The molecule has 34 heavy (non-hydrogen) atoms. The molecule has 1 amide bonds. The number of nitrogens with zero attached hydrogens (tertiary/aromatic N) is 5. The highest BCUT2D eigenvalue weighted by molar-refractivity contribution is 6.30. The number of nitrogens with one attached hydrogen (secondary N) is 1. The second-order valence-electron chi connectivity index (χ2n) is 8.55. The predicted molar refractivity (Wildman–Crippen MR) is 130 cm³/mol. The van der Waals surface area contributed by atoms with Crippen molar-refractivity contribution in [3.63, 3.8) is 0 Å². The molecule has 3 heterocycles. The minimum atomic E-state index is -0.420. The van der Waals surface area contributed by atoms with E-state index in [1.165, 1.54) is 9.25 Å². The molecule has 0 unspecified atom stereocenters. The van der Waals surface area contributed by atoms with E-state index in [1.54, 1.807) is 24.4 Å². The van der Waals surface area contributed by atoms with Crippen LogP contribution in [0.4, 0.5) is 0 Å². The Morgan fingerprint density at radius 3 is 2.68 bits per heavy atom.